The summed E-state index contributed by atoms with van der Waals surface area (Å²) >= 11 is 3.28. The minimum absolute atomic E-state index is 0.0189. The normalized spacial score (nSPS) is 13.6. The molecule has 1 aliphatic rings. The zero-order valence-electron chi connectivity index (χ0n) is 16.7. The maximum Gasteiger partial charge on any atom is 0.259 e. The van der Waals surface area contributed by atoms with Gasteiger partial charge in [0, 0.05) is 24.1 Å². The molecule has 0 radical (unpaired) electrons. The number of aromatic amines is 1. The summed E-state index contributed by atoms with van der Waals surface area (Å²) in [6, 6.07) is 3.80. The van der Waals surface area contributed by atoms with Crippen LogP contribution in [-0.4, -0.2) is 33.6 Å². The first kappa shape index (κ1) is 20.2. The highest BCUT2D eigenvalue weighted by molar-refractivity contribution is 7.98. The summed E-state index contributed by atoms with van der Waals surface area (Å²) in [4.78, 5) is 36.4. The molecule has 1 amide bonds. The number of hydrogen-bond acceptors (Lipinski definition) is 6. The Morgan fingerprint density at radius 2 is 2.17 bits per heavy atom. The summed E-state index contributed by atoms with van der Waals surface area (Å²) in [5.41, 5.74) is 1.19. The Balaban J connectivity index is 1.30. The van der Waals surface area contributed by atoms with Crippen LogP contribution in [0.15, 0.2) is 21.3 Å². The van der Waals surface area contributed by atoms with Crippen LogP contribution in [0, 0.1) is 6.92 Å². The van der Waals surface area contributed by atoms with Crippen molar-refractivity contribution in [2.24, 2.45) is 0 Å². The second-order valence-electron chi connectivity index (χ2n) is 7.47. The van der Waals surface area contributed by atoms with Gasteiger partial charge in [0.1, 0.15) is 22.2 Å². The third kappa shape index (κ3) is 4.59. The monoisotopic (exact) mass is 431 g/mol. The molecule has 0 unspecified atom stereocenters. The van der Waals surface area contributed by atoms with Gasteiger partial charge in [0.2, 0.25) is 5.91 Å². The molecule has 0 fully saturated rings. The lowest BCUT2D eigenvalue weighted by Crippen LogP contribution is -2.26. The maximum atomic E-state index is 12.6. The van der Waals surface area contributed by atoms with Gasteiger partial charge in [-0.25, -0.2) is 4.98 Å². The molecule has 6 nitrogen and oxygen atoms in total. The van der Waals surface area contributed by atoms with Crippen LogP contribution in [0.1, 0.15) is 47.0 Å². The standard InChI is InChI=1S/C21H25N3O3S2/c1-13-7-8-14(27-13)11-24(2)18(25)9-10-28-12-17-22-20(26)19-15-5-3-4-6-16(15)29-21(19)23-17/h7-8H,3-6,9-12H2,1-2H3,(H,22,23,26). The van der Waals surface area contributed by atoms with Gasteiger partial charge in [-0.3, -0.25) is 9.59 Å². The lowest BCUT2D eigenvalue weighted by molar-refractivity contribution is -0.130. The molecule has 0 aliphatic heterocycles. The van der Waals surface area contributed by atoms with E-state index in [2.05, 4.69) is 9.97 Å². The predicted molar refractivity (Wildman–Crippen MR) is 118 cm³/mol. The Labute approximate surface area is 177 Å². The highest BCUT2D eigenvalue weighted by Crippen LogP contribution is 2.33. The molecular formula is C21H25N3O3S2. The summed E-state index contributed by atoms with van der Waals surface area (Å²) in [7, 11) is 1.79. The molecule has 0 atom stereocenters. The molecule has 3 aromatic heterocycles. The van der Waals surface area contributed by atoms with Gasteiger partial charge in [-0.1, -0.05) is 0 Å². The number of aryl methyl sites for hydroxylation is 3. The van der Waals surface area contributed by atoms with Gasteiger partial charge in [-0.2, -0.15) is 11.8 Å². The minimum Gasteiger partial charge on any atom is -0.464 e. The second kappa shape index (κ2) is 8.75. The van der Waals surface area contributed by atoms with E-state index in [0.717, 1.165) is 41.0 Å². The predicted octanol–water partition coefficient (Wildman–Crippen LogP) is 4.05. The van der Waals surface area contributed by atoms with E-state index in [1.165, 1.54) is 16.9 Å². The molecular weight excluding hydrogens is 406 g/mol. The van der Waals surface area contributed by atoms with Crippen molar-refractivity contribution in [2.45, 2.75) is 51.3 Å². The van der Waals surface area contributed by atoms with Crippen molar-refractivity contribution in [3.8, 4) is 0 Å². The summed E-state index contributed by atoms with van der Waals surface area (Å²) in [5.74, 6) is 3.69. The van der Waals surface area contributed by atoms with E-state index in [-0.39, 0.29) is 11.5 Å². The smallest absolute Gasteiger partial charge is 0.259 e. The van der Waals surface area contributed by atoms with E-state index in [1.54, 1.807) is 35.0 Å². The molecule has 29 heavy (non-hydrogen) atoms. The van der Waals surface area contributed by atoms with Crippen LogP contribution in [0.2, 0.25) is 0 Å². The number of thiophene rings is 1. The fourth-order valence-electron chi connectivity index (χ4n) is 3.69. The van der Waals surface area contributed by atoms with E-state index in [0.29, 0.717) is 30.3 Å². The van der Waals surface area contributed by atoms with Crippen LogP contribution in [0.4, 0.5) is 0 Å². The molecule has 0 saturated heterocycles. The average Bonchev–Trinajstić information content (AvgIpc) is 3.27. The molecule has 8 heteroatoms. The van der Waals surface area contributed by atoms with Crippen LogP contribution in [0.3, 0.4) is 0 Å². The molecule has 154 valence electrons. The van der Waals surface area contributed by atoms with Crippen molar-refractivity contribution < 1.29 is 9.21 Å². The van der Waals surface area contributed by atoms with E-state index in [4.69, 9.17) is 4.42 Å². The molecule has 0 saturated carbocycles. The second-order valence-corrected chi connectivity index (χ2v) is 9.66. The van der Waals surface area contributed by atoms with Gasteiger partial charge in [0.25, 0.3) is 5.56 Å². The van der Waals surface area contributed by atoms with Gasteiger partial charge in [0.05, 0.1) is 17.7 Å². The van der Waals surface area contributed by atoms with Crippen molar-refractivity contribution >= 4 is 39.2 Å². The molecule has 3 heterocycles. The zero-order valence-corrected chi connectivity index (χ0v) is 18.4. The molecule has 1 aliphatic carbocycles. The molecule has 3 aromatic rings. The molecule has 4 rings (SSSR count). The van der Waals surface area contributed by atoms with Crippen molar-refractivity contribution in [3.05, 3.63) is 50.3 Å². The molecule has 0 spiro atoms. The SMILES string of the molecule is Cc1ccc(CN(C)C(=O)CCSCc2nc3sc4c(c3c(=O)[nH]2)CCCC4)o1. The average molecular weight is 432 g/mol. The van der Waals surface area contributed by atoms with Crippen molar-refractivity contribution in [1.29, 1.82) is 0 Å². The summed E-state index contributed by atoms with van der Waals surface area (Å²) < 4.78 is 5.52. The maximum absolute atomic E-state index is 12.6. The molecule has 0 bridgehead atoms. The fraction of sp³-hybridized carbons (Fsp3) is 0.476. The number of H-pyrrole nitrogens is 1. The largest absolute Gasteiger partial charge is 0.464 e. The number of fused-ring (bicyclic) bond motifs is 3. The van der Waals surface area contributed by atoms with Gasteiger partial charge >= 0.3 is 0 Å². The number of thioether (sulfide) groups is 1. The number of furan rings is 1. The first-order valence-corrected chi connectivity index (χ1v) is 11.9. The Hall–Kier alpha value is -2.06. The number of hydrogen-bond donors (Lipinski definition) is 1. The van der Waals surface area contributed by atoms with Crippen LogP contribution in [0.5, 0.6) is 0 Å². The summed E-state index contributed by atoms with van der Waals surface area (Å²) in [6.45, 7) is 2.37. The first-order valence-electron chi connectivity index (χ1n) is 9.91. The lowest BCUT2D eigenvalue weighted by atomic mass is 9.97. The Kier molecular flexibility index (Phi) is 6.10. The highest BCUT2D eigenvalue weighted by Gasteiger charge is 2.19. The number of nitrogens with one attached hydrogen (secondary N) is 1. The van der Waals surface area contributed by atoms with Gasteiger partial charge in [0.15, 0.2) is 0 Å². The van der Waals surface area contributed by atoms with Gasteiger partial charge in [-0.15, -0.1) is 11.3 Å². The fourth-order valence-corrected chi connectivity index (χ4v) is 5.76. The number of carbonyl (C=O) groups excluding carboxylic acids is 1. The van der Waals surface area contributed by atoms with Gasteiger partial charge in [-0.05, 0) is 50.3 Å². The number of nitrogens with zero attached hydrogens (tertiary/aromatic N) is 2. The number of amides is 1. The van der Waals surface area contributed by atoms with Crippen LogP contribution in [-0.2, 0) is 29.9 Å². The number of carbonyl (C=O) groups is 1. The minimum atomic E-state index is -0.0189. The topological polar surface area (TPSA) is 79.2 Å². The van der Waals surface area contributed by atoms with Crippen molar-refractivity contribution in [3.63, 3.8) is 0 Å². The van der Waals surface area contributed by atoms with E-state index in [9.17, 15) is 9.59 Å². The van der Waals surface area contributed by atoms with Gasteiger partial charge < -0.3 is 14.3 Å². The molecule has 0 aromatic carbocycles. The van der Waals surface area contributed by atoms with E-state index in [1.807, 2.05) is 19.1 Å². The quantitative estimate of drug-likeness (QED) is 0.571. The van der Waals surface area contributed by atoms with Crippen molar-refractivity contribution in [1.82, 2.24) is 14.9 Å². The van der Waals surface area contributed by atoms with E-state index >= 15 is 0 Å². The lowest BCUT2D eigenvalue weighted by Gasteiger charge is -2.15. The first-order chi connectivity index (χ1) is 14.0. The highest BCUT2D eigenvalue weighted by atomic mass is 32.2. The van der Waals surface area contributed by atoms with Crippen LogP contribution < -0.4 is 5.56 Å². The Morgan fingerprint density at radius 1 is 1.34 bits per heavy atom. The Bertz CT molecular complexity index is 1080. The van der Waals surface area contributed by atoms with Crippen LogP contribution in [0.25, 0.3) is 10.2 Å². The van der Waals surface area contributed by atoms with E-state index < -0.39 is 0 Å². The Morgan fingerprint density at radius 3 is 2.97 bits per heavy atom. The van der Waals surface area contributed by atoms with Crippen LogP contribution >= 0.6 is 23.1 Å². The van der Waals surface area contributed by atoms with Crippen molar-refractivity contribution in [2.75, 3.05) is 12.8 Å². The summed E-state index contributed by atoms with van der Waals surface area (Å²) in [5, 5.41) is 0.795. The number of aromatic nitrogens is 2. The zero-order chi connectivity index (χ0) is 20.4. The molecule has 1 N–H and O–H groups in total. The third-order valence-electron chi connectivity index (χ3n) is 5.19. The third-order valence-corrected chi connectivity index (χ3v) is 7.34. The summed E-state index contributed by atoms with van der Waals surface area (Å²) in [6.07, 6.45) is 4.84. The number of rotatable bonds is 7.